The molecule has 2 amide bonds. The van der Waals surface area contributed by atoms with Gasteiger partial charge in [0.05, 0.1) is 11.9 Å². The van der Waals surface area contributed by atoms with Crippen LogP contribution in [0, 0.1) is 5.82 Å². The number of ether oxygens (including phenoxy) is 1. The summed E-state index contributed by atoms with van der Waals surface area (Å²) in [6.07, 6.45) is 2.92. The quantitative estimate of drug-likeness (QED) is 0.498. The second-order valence-corrected chi connectivity index (χ2v) is 6.43. The molecule has 154 valence electrons. The van der Waals surface area contributed by atoms with Crippen molar-refractivity contribution in [2.75, 3.05) is 5.32 Å². The van der Waals surface area contributed by atoms with Crippen LogP contribution in [0.1, 0.15) is 20.8 Å². The van der Waals surface area contributed by atoms with Crippen molar-refractivity contribution in [1.29, 1.82) is 0 Å². The van der Waals surface area contributed by atoms with Gasteiger partial charge in [0.15, 0.2) is 5.69 Å². The highest BCUT2D eigenvalue weighted by molar-refractivity contribution is 6.02. The molecule has 0 unspecified atom stereocenters. The maximum absolute atomic E-state index is 13.9. The molecule has 0 aliphatic rings. The van der Waals surface area contributed by atoms with Gasteiger partial charge in [-0.1, -0.05) is 18.2 Å². The van der Waals surface area contributed by atoms with Crippen LogP contribution in [-0.4, -0.2) is 26.6 Å². The van der Waals surface area contributed by atoms with Gasteiger partial charge in [-0.3, -0.25) is 9.59 Å². The average Bonchev–Trinajstić information content (AvgIpc) is 3.26. The predicted octanol–water partition coefficient (Wildman–Crippen LogP) is 3.55. The Morgan fingerprint density at radius 1 is 1.03 bits per heavy atom. The van der Waals surface area contributed by atoms with E-state index in [0.717, 1.165) is 0 Å². The summed E-state index contributed by atoms with van der Waals surface area (Å²) in [6.45, 7) is 0. The number of hydrogen-bond donors (Lipinski definition) is 2. The fourth-order valence-corrected chi connectivity index (χ4v) is 2.76. The SMILES string of the molecule is NC(=O)c1cccc(Oc2ccc(NC(=O)c3ccn(-c4ccccc4F)n3)cn2)c1. The number of amides is 2. The molecule has 0 radical (unpaired) electrons. The summed E-state index contributed by atoms with van der Waals surface area (Å²) in [7, 11) is 0. The number of nitrogens with zero attached hydrogens (tertiary/aromatic N) is 3. The van der Waals surface area contributed by atoms with Gasteiger partial charge in [-0.15, -0.1) is 0 Å². The van der Waals surface area contributed by atoms with Crippen LogP contribution in [0.5, 0.6) is 11.6 Å². The minimum Gasteiger partial charge on any atom is -0.439 e. The van der Waals surface area contributed by atoms with Crippen molar-refractivity contribution in [1.82, 2.24) is 14.8 Å². The summed E-state index contributed by atoms with van der Waals surface area (Å²) in [5, 5.41) is 6.78. The second-order valence-electron chi connectivity index (χ2n) is 6.43. The molecule has 0 fully saturated rings. The maximum Gasteiger partial charge on any atom is 0.276 e. The number of anilines is 1. The van der Waals surface area contributed by atoms with E-state index < -0.39 is 17.6 Å². The molecule has 0 spiro atoms. The van der Waals surface area contributed by atoms with Crippen molar-refractivity contribution < 1.29 is 18.7 Å². The molecule has 0 aliphatic carbocycles. The summed E-state index contributed by atoms with van der Waals surface area (Å²) in [5.41, 5.74) is 6.35. The summed E-state index contributed by atoms with van der Waals surface area (Å²) < 4.78 is 20.8. The molecule has 4 rings (SSSR count). The number of benzene rings is 2. The fourth-order valence-electron chi connectivity index (χ4n) is 2.76. The van der Waals surface area contributed by atoms with Crippen LogP contribution in [0.2, 0.25) is 0 Å². The minimum absolute atomic E-state index is 0.117. The van der Waals surface area contributed by atoms with Crippen molar-refractivity contribution in [3.63, 3.8) is 0 Å². The lowest BCUT2D eigenvalue weighted by atomic mass is 10.2. The molecule has 2 aromatic heterocycles. The monoisotopic (exact) mass is 417 g/mol. The Bertz CT molecular complexity index is 1250. The highest BCUT2D eigenvalue weighted by Gasteiger charge is 2.13. The molecule has 0 bridgehead atoms. The normalized spacial score (nSPS) is 10.5. The van der Waals surface area contributed by atoms with E-state index in [2.05, 4.69) is 15.4 Å². The van der Waals surface area contributed by atoms with Crippen molar-refractivity contribution in [3.05, 3.63) is 96.2 Å². The number of para-hydroxylation sites is 1. The smallest absolute Gasteiger partial charge is 0.276 e. The first-order valence-corrected chi connectivity index (χ1v) is 9.15. The molecule has 2 heterocycles. The number of carbonyl (C=O) groups excluding carboxylic acids is 2. The van der Waals surface area contributed by atoms with Gasteiger partial charge in [-0.25, -0.2) is 14.1 Å². The molecule has 0 saturated heterocycles. The Labute approximate surface area is 176 Å². The van der Waals surface area contributed by atoms with Gasteiger partial charge in [0.25, 0.3) is 5.91 Å². The van der Waals surface area contributed by atoms with Crippen LogP contribution in [0.3, 0.4) is 0 Å². The molecule has 31 heavy (non-hydrogen) atoms. The van der Waals surface area contributed by atoms with Crippen LogP contribution >= 0.6 is 0 Å². The topological polar surface area (TPSA) is 112 Å². The molecule has 3 N–H and O–H groups in total. The molecule has 4 aromatic rings. The largest absolute Gasteiger partial charge is 0.439 e. The van der Waals surface area contributed by atoms with E-state index in [1.807, 2.05) is 0 Å². The van der Waals surface area contributed by atoms with E-state index in [9.17, 15) is 14.0 Å². The van der Waals surface area contributed by atoms with Crippen molar-refractivity contribution in [3.8, 4) is 17.3 Å². The number of halogens is 1. The summed E-state index contributed by atoms with van der Waals surface area (Å²) in [6, 6.07) is 17.2. The van der Waals surface area contributed by atoms with Gasteiger partial charge in [-0.2, -0.15) is 5.10 Å². The number of nitrogens with two attached hydrogens (primary N) is 1. The molecule has 0 aliphatic heterocycles. The minimum atomic E-state index is -0.561. The third-order valence-electron chi connectivity index (χ3n) is 4.26. The van der Waals surface area contributed by atoms with Crippen LogP contribution in [0.15, 0.2) is 79.1 Å². The first kappa shape index (κ1) is 19.8. The Hall–Kier alpha value is -4.53. The Kier molecular flexibility index (Phi) is 5.39. The summed E-state index contributed by atoms with van der Waals surface area (Å²) in [4.78, 5) is 27.8. The van der Waals surface area contributed by atoms with Gasteiger partial charge < -0.3 is 15.8 Å². The lowest BCUT2D eigenvalue weighted by molar-refractivity contribution is 0.0997. The van der Waals surface area contributed by atoms with E-state index in [-0.39, 0.29) is 17.3 Å². The van der Waals surface area contributed by atoms with Crippen molar-refractivity contribution >= 4 is 17.5 Å². The number of rotatable bonds is 6. The number of hydrogen-bond acceptors (Lipinski definition) is 5. The predicted molar refractivity (Wildman–Crippen MR) is 111 cm³/mol. The molecule has 0 atom stereocenters. The van der Waals surface area contributed by atoms with E-state index in [1.165, 1.54) is 35.3 Å². The zero-order chi connectivity index (χ0) is 21.8. The van der Waals surface area contributed by atoms with Crippen LogP contribution in [0.4, 0.5) is 10.1 Å². The number of primary amides is 1. The lowest BCUT2D eigenvalue weighted by Gasteiger charge is -2.07. The number of nitrogens with one attached hydrogen (secondary N) is 1. The zero-order valence-corrected chi connectivity index (χ0v) is 16.0. The highest BCUT2D eigenvalue weighted by atomic mass is 19.1. The zero-order valence-electron chi connectivity index (χ0n) is 16.0. The van der Waals surface area contributed by atoms with Crippen LogP contribution in [-0.2, 0) is 0 Å². The van der Waals surface area contributed by atoms with E-state index in [4.69, 9.17) is 10.5 Å². The molecule has 2 aromatic carbocycles. The van der Waals surface area contributed by atoms with Gasteiger partial charge in [0, 0.05) is 17.8 Å². The van der Waals surface area contributed by atoms with E-state index in [0.29, 0.717) is 17.0 Å². The molecule has 0 saturated carbocycles. The highest BCUT2D eigenvalue weighted by Crippen LogP contribution is 2.22. The lowest BCUT2D eigenvalue weighted by Crippen LogP contribution is -2.13. The Morgan fingerprint density at radius 2 is 1.87 bits per heavy atom. The average molecular weight is 417 g/mol. The third kappa shape index (κ3) is 4.56. The van der Waals surface area contributed by atoms with Crippen LogP contribution < -0.4 is 15.8 Å². The third-order valence-corrected chi connectivity index (χ3v) is 4.26. The van der Waals surface area contributed by atoms with Gasteiger partial charge in [0.1, 0.15) is 17.3 Å². The van der Waals surface area contributed by atoms with Crippen molar-refractivity contribution in [2.45, 2.75) is 0 Å². The standard InChI is InChI=1S/C22H16FN5O3/c23-17-6-1-2-7-19(17)28-11-10-18(27-28)22(30)26-15-8-9-20(25-13-15)31-16-5-3-4-14(12-16)21(24)29/h1-13H,(H2,24,29)(H,26,30). The van der Waals surface area contributed by atoms with Gasteiger partial charge in [-0.05, 0) is 42.5 Å². The van der Waals surface area contributed by atoms with Gasteiger partial charge in [0.2, 0.25) is 11.8 Å². The molecular formula is C22H16FN5O3. The number of pyridine rings is 1. The van der Waals surface area contributed by atoms with Gasteiger partial charge >= 0.3 is 0 Å². The molecule has 9 heteroatoms. The fraction of sp³-hybridized carbons (Fsp3) is 0. The summed E-state index contributed by atoms with van der Waals surface area (Å²) >= 11 is 0. The second kappa shape index (κ2) is 8.46. The molecule has 8 nitrogen and oxygen atoms in total. The first-order valence-electron chi connectivity index (χ1n) is 9.15. The Morgan fingerprint density at radius 3 is 2.61 bits per heavy atom. The summed E-state index contributed by atoms with van der Waals surface area (Å²) in [5.74, 6) is -0.810. The van der Waals surface area contributed by atoms with E-state index >= 15 is 0 Å². The van der Waals surface area contributed by atoms with Crippen LogP contribution in [0.25, 0.3) is 5.69 Å². The van der Waals surface area contributed by atoms with E-state index in [1.54, 1.807) is 48.5 Å². The maximum atomic E-state index is 13.9. The number of carbonyl (C=O) groups is 2. The first-order chi connectivity index (χ1) is 15.0. The Balaban J connectivity index is 1.42. The van der Waals surface area contributed by atoms with Crippen molar-refractivity contribution in [2.24, 2.45) is 5.73 Å². The molecular weight excluding hydrogens is 401 g/mol. The number of aromatic nitrogens is 3.